The van der Waals surface area contributed by atoms with Gasteiger partial charge in [-0.05, 0) is 48.5 Å². The maximum absolute atomic E-state index is 13.3. The van der Waals surface area contributed by atoms with Gasteiger partial charge in [-0.2, -0.15) is 4.98 Å². The first-order valence-corrected chi connectivity index (χ1v) is 8.91. The van der Waals surface area contributed by atoms with E-state index in [0.29, 0.717) is 11.6 Å². The van der Waals surface area contributed by atoms with Crippen LogP contribution in [-0.2, 0) is 0 Å². The summed E-state index contributed by atoms with van der Waals surface area (Å²) < 4.78 is 15.2. The third-order valence-corrected chi connectivity index (χ3v) is 4.80. The zero-order valence-electron chi connectivity index (χ0n) is 15.1. The topological polar surface area (TPSA) is 46.3 Å². The van der Waals surface area contributed by atoms with Gasteiger partial charge in [-0.3, -0.25) is 4.40 Å². The molecule has 0 bridgehead atoms. The smallest absolute Gasteiger partial charge is 0.257 e. The molecule has 0 saturated heterocycles. The van der Waals surface area contributed by atoms with Gasteiger partial charge in [0.05, 0.1) is 5.52 Å². The van der Waals surface area contributed by atoms with E-state index in [0.717, 1.165) is 28.0 Å². The van der Waals surface area contributed by atoms with Crippen LogP contribution in [0.25, 0.3) is 28.1 Å². The summed E-state index contributed by atoms with van der Waals surface area (Å²) in [5.41, 5.74) is 2.75. The van der Waals surface area contributed by atoms with Crippen molar-refractivity contribution in [2.75, 3.05) is 11.9 Å². The lowest BCUT2D eigenvalue weighted by atomic mass is 10.2. The maximum Gasteiger partial charge on any atom is 0.257 e. The highest BCUT2D eigenvalue weighted by atomic mass is 19.1. The van der Waals surface area contributed by atoms with E-state index in [-0.39, 0.29) is 5.82 Å². The predicted molar refractivity (Wildman–Crippen MR) is 108 cm³/mol. The van der Waals surface area contributed by atoms with E-state index in [4.69, 9.17) is 4.98 Å². The first kappa shape index (κ1) is 16.4. The molecular formula is C22H16FN5. The van der Waals surface area contributed by atoms with Crippen LogP contribution < -0.4 is 4.90 Å². The van der Waals surface area contributed by atoms with Crippen LogP contribution in [0.5, 0.6) is 0 Å². The molecule has 0 unspecified atom stereocenters. The number of halogens is 1. The minimum atomic E-state index is -0.285. The number of hydrogen-bond acceptors (Lipinski definition) is 4. The third-order valence-electron chi connectivity index (χ3n) is 4.80. The van der Waals surface area contributed by atoms with Gasteiger partial charge in [0.15, 0.2) is 5.82 Å². The summed E-state index contributed by atoms with van der Waals surface area (Å²) in [6.07, 6.45) is 0. The summed E-state index contributed by atoms with van der Waals surface area (Å²) in [4.78, 5) is 6.82. The average molecular weight is 369 g/mol. The molecule has 0 aliphatic rings. The van der Waals surface area contributed by atoms with Crippen molar-refractivity contribution >= 4 is 28.2 Å². The van der Waals surface area contributed by atoms with E-state index >= 15 is 0 Å². The summed E-state index contributed by atoms with van der Waals surface area (Å²) in [7, 11) is 1.98. The normalized spacial score (nSPS) is 11.2. The molecule has 0 aliphatic carbocycles. The van der Waals surface area contributed by atoms with Gasteiger partial charge in [0.1, 0.15) is 11.6 Å². The van der Waals surface area contributed by atoms with Crippen LogP contribution in [0.1, 0.15) is 0 Å². The van der Waals surface area contributed by atoms with E-state index in [1.54, 1.807) is 12.1 Å². The lowest BCUT2D eigenvalue weighted by molar-refractivity contribution is 0.628. The van der Waals surface area contributed by atoms with E-state index in [1.165, 1.54) is 12.1 Å². The number of nitrogens with zero attached hydrogens (tertiary/aromatic N) is 5. The lowest BCUT2D eigenvalue weighted by Gasteiger charge is -2.20. The van der Waals surface area contributed by atoms with Crippen LogP contribution >= 0.6 is 0 Å². The number of para-hydroxylation sites is 2. The number of hydrogen-bond donors (Lipinski definition) is 0. The standard InChI is InChI=1S/C22H16FN5/c1-27(17-7-3-2-4-8-17)21-18-9-5-6-10-19(18)28-20(25-26-22(28)24-21)15-11-13-16(23)14-12-15/h2-14H,1H3. The summed E-state index contributed by atoms with van der Waals surface area (Å²) in [6.45, 7) is 0. The molecular weight excluding hydrogens is 353 g/mol. The molecule has 136 valence electrons. The fraction of sp³-hybridized carbons (Fsp3) is 0.0455. The SMILES string of the molecule is CN(c1ccccc1)c1nc2nnc(-c3ccc(F)cc3)n2c2ccccc12. The molecule has 0 fully saturated rings. The van der Waals surface area contributed by atoms with Crippen molar-refractivity contribution < 1.29 is 4.39 Å². The van der Waals surface area contributed by atoms with Gasteiger partial charge < -0.3 is 4.90 Å². The predicted octanol–water partition coefficient (Wildman–Crippen LogP) is 4.85. The van der Waals surface area contributed by atoms with Crippen LogP contribution in [0.3, 0.4) is 0 Å². The van der Waals surface area contributed by atoms with Gasteiger partial charge in [-0.1, -0.05) is 30.3 Å². The van der Waals surface area contributed by atoms with E-state index in [2.05, 4.69) is 10.2 Å². The number of fused-ring (bicyclic) bond motifs is 3. The highest BCUT2D eigenvalue weighted by Crippen LogP contribution is 2.31. The highest BCUT2D eigenvalue weighted by molar-refractivity contribution is 5.94. The van der Waals surface area contributed by atoms with Crippen molar-refractivity contribution in [1.82, 2.24) is 19.6 Å². The summed E-state index contributed by atoms with van der Waals surface area (Å²) in [5, 5.41) is 9.59. The Morgan fingerprint density at radius 2 is 1.54 bits per heavy atom. The Morgan fingerprint density at radius 1 is 0.821 bits per heavy atom. The van der Waals surface area contributed by atoms with Gasteiger partial charge in [0.2, 0.25) is 0 Å². The zero-order chi connectivity index (χ0) is 19.1. The molecule has 0 radical (unpaired) electrons. The highest BCUT2D eigenvalue weighted by Gasteiger charge is 2.17. The molecule has 6 heteroatoms. The van der Waals surface area contributed by atoms with Gasteiger partial charge in [0.25, 0.3) is 5.78 Å². The van der Waals surface area contributed by atoms with Crippen LogP contribution in [0, 0.1) is 5.82 Å². The molecule has 5 aromatic rings. The van der Waals surface area contributed by atoms with Crippen molar-refractivity contribution in [2.24, 2.45) is 0 Å². The molecule has 0 aliphatic heterocycles. The van der Waals surface area contributed by atoms with Crippen LogP contribution in [0.15, 0.2) is 78.9 Å². The minimum Gasteiger partial charge on any atom is -0.329 e. The van der Waals surface area contributed by atoms with E-state index in [9.17, 15) is 4.39 Å². The Hall–Kier alpha value is -3.80. The monoisotopic (exact) mass is 369 g/mol. The second-order valence-electron chi connectivity index (χ2n) is 6.51. The number of rotatable bonds is 3. The minimum absolute atomic E-state index is 0.285. The number of aromatic nitrogens is 4. The molecule has 0 N–H and O–H groups in total. The second kappa shape index (κ2) is 6.42. The van der Waals surface area contributed by atoms with Gasteiger partial charge in [-0.25, -0.2) is 4.39 Å². The van der Waals surface area contributed by atoms with Gasteiger partial charge in [-0.15, -0.1) is 10.2 Å². The third kappa shape index (κ3) is 2.58. The molecule has 0 atom stereocenters. The molecule has 2 heterocycles. The Kier molecular flexibility index (Phi) is 3.76. The van der Waals surface area contributed by atoms with Gasteiger partial charge >= 0.3 is 0 Å². The van der Waals surface area contributed by atoms with Crippen LogP contribution in [0.4, 0.5) is 15.9 Å². The van der Waals surface area contributed by atoms with E-state index < -0.39 is 0 Å². The number of anilines is 2. The molecule has 0 saturated carbocycles. The van der Waals surface area contributed by atoms with Crippen molar-refractivity contribution in [3.63, 3.8) is 0 Å². The van der Waals surface area contributed by atoms with Crippen molar-refractivity contribution in [3.8, 4) is 11.4 Å². The Morgan fingerprint density at radius 3 is 2.32 bits per heavy atom. The zero-order valence-corrected chi connectivity index (χ0v) is 15.1. The van der Waals surface area contributed by atoms with Gasteiger partial charge in [0, 0.05) is 23.7 Å². The summed E-state index contributed by atoms with van der Waals surface area (Å²) in [6, 6.07) is 24.3. The number of benzene rings is 3. The van der Waals surface area contributed by atoms with Crippen LogP contribution in [-0.4, -0.2) is 26.6 Å². The maximum atomic E-state index is 13.3. The molecule has 2 aromatic heterocycles. The Balaban J connectivity index is 1.78. The molecule has 5 rings (SSSR count). The largest absolute Gasteiger partial charge is 0.329 e. The van der Waals surface area contributed by atoms with Crippen LogP contribution in [0.2, 0.25) is 0 Å². The quantitative estimate of drug-likeness (QED) is 0.456. The molecule has 0 spiro atoms. The first-order valence-electron chi connectivity index (χ1n) is 8.91. The molecule has 3 aromatic carbocycles. The lowest BCUT2D eigenvalue weighted by Crippen LogP contribution is -2.13. The average Bonchev–Trinajstić information content (AvgIpc) is 3.18. The summed E-state index contributed by atoms with van der Waals surface area (Å²) in [5.74, 6) is 1.64. The van der Waals surface area contributed by atoms with Crippen molar-refractivity contribution in [1.29, 1.82) is 0 Å². The molecule has 5 nitrogen and oxygen atoms in total. The van der Waals surface area contributed by atoms with E-state index in [1.807, 2.05) is 70.9 Å². The summed E-state index contributed by atoms with van der Waals surface area (Å²) >= 11 is 0. The molecule has 0 amide bonds. The molecule has 28 heavy (non-hydrogen) atoms. The Bertz CT molecular complexity index is 1280. The second-order valence-corrected chi connectivity index (χ2v) is 6.51. The fourth-order valence-corrected chi connectivity index (χ4v) is 3.40. The van der Waals surface area contributed by atoms with Crippen molar-refractivity contribution in [3.05, 3.63) is 84.7 Å². The first-order chi connectivity index (χ1) is 13.7. The Labute approximate surface area is 160 Å². The van der Waals surface area contributed by atoms with Crippen molar-refractivity contribution in [2.45, 2.75) is 0 Å². The fourth-order valence-electron chi connectivity index (χ4n) is 3.40.